The number of aliphatic imine (C=N–C) groups is 1. The lowest BCUT2D eigenvalue weighted by molar-refractivity contribution is 0.0256. The van der Waals surface area contributed by atoms with Gasteiger partial charge in [0.05, 0.1) is 0 Å². The van der Waals surface area contributed by atoms with Crippen molar-refractivity contribution in [2.45, 2.75) is 0 Å². The van der Waals surface area contributed by atoms with Gasteiger partial charge in [-0.1, -0.05) is 0 Å². The quantitative estimate of drug-likeness (QED) is 0.333. The average molecular weight is 179 g/mol. The minimum absolute atomic E-state index is 0.312. The van der Waals surface area contributed by atoms with E-state index in [0.717, 1.165) is 0 Å². The van der Waals surface area contributed by atoms with E-state index in [0.29, 0.717) is 0 Å². The van der Waals surface area contributed by atoms with E-state index >= 15 is 0 Å². The van der Waals surface area contributed by atoms with Crippen LogP contribution in [-0.4, -0.2) is 40.9 Å². The van der Waals surface area contributed by atoms with E-state index in [1.165, 1.54) is 20.3 Å². The normalized spacial score (nSPS) is 10.8. The fraction of sp³-hybridized carbons (Fsp3) is 0.750. The molecular formula is C4H9NO5Si. The predicted molar refractivity (Wildman–Crippen MR) is 36.1 cm³/mol. The molecule has 0 saturated carbocycles. The molecule has 0 bridgehead atoms. The van der Waals surface area contributed by atoms with Crippen LogP contribution in [0.2, 0.25) is 0 Å². The maximum atomic E-state index is 9.55. The van der Waals surface area contributed by atoms with Gasteiger partial charge in [-0.05, 0) is 0 Å². The van der Waals surface area contributed by atoms with Crippen LogP contribution in [0.25, 0.3) is 0 Å². The number of isocyanates is 1. The molecule has 1 N–H and O–H groups in total. The van der Waals surface area contributed by atoms with Crippen LogP contribution in [0.5, 0.6) is 0 Å². The van der Waals surface area contributed by atoms with Crippen molar-refractivity contribution in [2.24, 2.45) is 4.99 Å². The Balaban J connectivity index is 3.77. The van der Waals surface area contributed by atoms with E-state index in [4.69, 9.17) is 4.80 Å². The summed E-state index contributed by atoms with van der Waals surface area (Å²) in [5.41, 5.74) is 0. The lowest BCUT2D eigenvalue weighted by Crippen LogP contribution is -2.44. The SMILES string of the molecule is CO[Si](O)(OC)OCN=C=O. The lowest BCUT2D eigenvalue weighted by Gasteiger charge is -2.16. The molecule has 11 heavy (non-hydrogen) atoms. The molecule has 0 saturated heterocycles. The second kappa shape index (κ2) is 5.14. The second-order valence-corrected chi connectivity index (χ2v) is 3.61. The number of hydrogen-bond acceptors (Lipinski definition) is 6. The van der Waals surface area contributed by atoms with Gasteiger partial charge in [-0.3, -0.25) is 0 Å². The van der Waals surface area contributed by atoms with Gasteiger partial charge in [-0.15, -0.1) is 0 Å². The highest BCUT2D eigenvalue weighted by Gasteiger charge is 2.38. The fourth-order valence-corrected chi connectivity index (χ4v) is 0.971. The van der Waals surface area contributed by atoms with Crippen molar-refractivity contribution >= 4 is 15.1 Å². The number of hydrogen-bond donors (Lipinski definition) is 1. The predicted octanol–water partition coefficient (Wildman–Crippen LogP) is -0.983. The molecule has 0 aromatic rings. The zero-order chi connectivity index (χ0) is 8.74. The molecule has 0 amide bonds. The third-order valence-electron chi connectivity index (χ3n) is 0.892. The van der Waals surface area contributed by atoms with Gasteiger partial charge in [0.1, 0.15) is 6.73 Å². The van der Waals surface area contributed by atoms with Crippen LogP contribution in [0, 0.1) is 0 Å². The minimum Gasteiger partial charge on any atom is -0.367 e. The highest BCUT2D eigenvalue weighted by Crippen LogP contribution is 2.00. The second-order valence-electron chi connectivity index (χ2n) is 1.45. The van der Waals surface area contributed by atoms with E-state index in [1.807, 2.05) is 0 Å². The summed E-state index contributed by atoms with van der Waals surface area (Å²) >= 11 is 0. The van der Waals surface area contributed by atoms with Gasteiger partial charge in [0, 0.05) is 14.2 Å². The van der Waals surface area contributed by atoms with Crippen LogP contribution in [-0.2, 0) is 18.1 Å². The van der Waals surface area contributed by atoms with Gasteiger partial charge >= 0.3 is 9.05 Å². The standard InChI is InChI=1S/C4H9NO5Si/c1-8-11(7,9-2)10-4-5-3-6/h7H,4H2,1-2H3. The molecule has 6 nitrogen and oxygen atoms in total. The molecule has 0 unspecified atom stereocenters. The molecule has 0 aliphatic carbocycles. The van der Waals surface area contributed by atoms with Gasteiger partial charge in [0.2, 0.25) is 6.08 Å². The third-order valence-corrected chi connectivity index (χ3v) is 2.42. The maximum absolute atomic E-state index is 9.55. The Kier molecular flexibility index (Phi) is 4.87. The van der Waals surface area contributed by atoms with Crippen molar-refractivity contribution in [2.75, 3.05) is 21.0 Å². The summed E-state index contributed by atoms with van der Waals surface area (Å²) in [6, 6.07) is 0. The molecule has 7 heteroatoms. The van der Waals surface area contributed by atoms with Gasteiger partial charge in [-0.25, -0.2) is 4.79 Å². The van der Waals surface area contributed by atoms with Crippen molar-refractivity contribution in [3.63, 3.8) is 0 Å². The number of rotatable bonds is 5. The summed E-state index contributed by atoms with van der Waals surface area (Å²) < 4.78 is 13.6. The topological polar surface area (TPSA) is 77.3 Å². The van der Waals surface area contributed by atoms with Crippen LogP contribution < -0.4 is 0 Å². The smallest absolute Gasteiger partial charge is 0.367 e. The zero-order valence-electron chi connectivity index (χ0n) is 6.23. The maximum Gasteiger partial charge on any atom is 0.677 e. The van der Waals surface area contributed by atoms with Gasteiger partial charge in [-0.2, -0.15) is 4.99 Å². The van der Waals surface area contributed by atoms with E-state index in [2.05, 4.69) is 18.3 Å². The van der Waals surface area contributed by atoms with Crippen molar-refractivity contribution in [3.05, 3.63) is 0 Å². The molecule has 0 aromatic carbocycles. The summed E-state index contributed by atoms with van der Waals surface area (Å²) in [4.78, 5) is 21.7. The van der Waals surface area contributed by atoms with E-state index in [1.54, 1.807) is 0 Å². The Hall–Kier alpha value is -0.563. The third kappa shape index (κ3) is 3.99. The van der Waals surface area contributed by atoms with Crippen molar-refractivity contribution < 1.29 is 22.9 Å². The Morgan fingerprint density at radius 2 is 2.09 bits per heavy atom. The molecule has 0 spiro atoms. The Bertz CT molecular complexity index is 153. The molecule has 0 atom stereocenters. The largest absolute Gasteiger partial charge is 0.677 e. The highest BCUT2D eigenvalue weighted by atomic mass is 28.4. The average Bonchev–Trinajstić information content (AvgIpc) is 2.05. The Morgan fingerprint density at radius 1 is 1.55 bits per heavy atom. The first kappa shape index (κ1) is 10.4. The highest BCUT2D eigenvalue weighted by molar-refractivity contribution is 6.51. The molecular weight excluding hydrogens is 170 g/mol. The summed E-state index contributed by atoms with van der Waals surface area (Å²) in [5.74, 6) is 0. The first-order valence-corrected chi connectivity index (χ1v) is 4.36. The van der Waals surface area contributed by atoms with Crippen LogP contribution in [0.3, 0.4) is 0 Å². The van der Waals surface area contributed by atoms with Crippen molar-refractivity contribution in [1.29, 1.82) is 0 Å². The van der Waals surface area contributed by atoms with Gasteiger partial charge < -0.3 is 18.1 Å². The van der Waals surface area contributed by atoms with Crippen molar-refractivity contribution in [1.82, 2.24) is 0 Å². The fourth-order valence-electron chi connectivity index (χ4n) is 0.341. The molecule has 0 fully saturated rings. The van der Waals surface area contributed by atoms with E-state index in [-0.39, 0.29) is 6.73 Å². The number of carbonyl (C=O) groups excluding carboxylic acids is 1. The summed E-state index contributed by atoms with van der Waals surface area (Å²) in [5, 5.41) is 0. The minimum atomic E-state index is -3.51. The monoisotopic (exact) mass is 179 g/mol. The Labute approximate surface area is 64.9 Å². The first-order valence-electron chi connectivity index (χ1n) is 2.69. The van der Waals surface area contributed by atoms with Gasteiger partial charge in [0.25, 0.3) is 0 Å². The lowest BCUT2D eigenvalue weighted by atomic mass is 11.3. The van der Waals surface area contributed by atoms with E-state index < -0.39 is 9.05 Å². The van der Waals surface area contributed by atoms with Crippen LogP contribution in [0.1, 0.15) is 0 Å². The molecule has 0 radical (unpaired) electrons. The molecule has 0 aliphatic rings. The summed E-state index contributed by atoms with van der Waals surface area (Å²) in [7, 11) is -1.03. The summed E-state index contributed by atoms with van der Waals surface area (Å²) in [6.07, 6.45) is 1.24. The molecule has 0 aliphatic heterocycles. The number of nitrogens with zero attached hydrogens (tertiary/aromatic N) is 1. The van der Waals surface area contributed by atoms with Crippen molar-refractivity contribution in [3.8, 4) is 0 Å². The van der Waals surface area contributed by atoms with Gasteiger partial charge in [0.15, 0.2) is 0 Å². The van der Waals surface area contributed by atoms with Crippen LogP contribution in [0.15, 0.2) is 4.99 Å². The summed E-state index contributed by atoms with van der Waals surface area (Å²) in [6.45, 7) is -0.312. The first-order chi connectivity index (χ1) is 5.18. The molecule has 0 heterocycles. The molecule has 0 rings (SSSR count). The zero-order valence-corrected chi connectivity index (χ0v) is 7.23. The van der Waals surface area contributed by atoms with Crippen LogP contribution in [0.4, 0.5) is 0 Å². The Morgan fingerprint density at radius 3 is 2.45 bits per heavy atom. The molecule has 64 valence electrons. The van der Waals surface area contributed by atoms with Crippen LogP contribution >= 0.6 is 0 Å². The van der Waals surface area contributed by atoms with E-state index in [9.17, 15) is 4.79 Å². The molecule has 0 aromatic heterocycles.